The van der Waals surface area contributed by atoms with Crippen LogP contribution < -0.4 is 10.2 Å². The number of likely N-dealkylation sites (tertiary alicyclic amines) is 1. The van der Waals surface area contributed by atoms with Gasteiger partial charge in [0.25, 0.3) is 18.2 Å². The monoisotopic (exact) mass is 871 g/mol. The van der Waals surface area contributed by atoms with Gasteiger partial charge in [-0.05, 0) is 104 Å². The third-order valence-electron chi connectivity index (χ3n) is 13.4. The van der Waals surface area contributed by atoms with Crippen LogP contribution in [0.15, 0.2) is 48.5 Å². The number of likely N-dealkylation sites (N-methyl/N-ethyl adjacent to an activating group) is 1. The van der Waals surface area contributed by atoms with Crippen molar-refractivity contribution in [1.82, 2.24) is 29.9 Å². The Morgan fingerprint density at radius 3 is 2.21 bits per heavy atom. The van der Waals surface area contributed by atoms with E-state index in [1.807, 2.05) is 24.3 Å². The van der Waals surface area contributed by atoms with E-state index in [1.54, 1.807) is 17.0 Å². The Morgan fingerprint density at radius 2 is 1.59 bits per heavy atom. The van der Waals surface area contributed by atoms with Crippen molar-refractivity contribution >= 4 is 47.0 Å². The smallest absolute Gasteiger partial charge is 0.262 e. The number of fused-ring (bicyclic) bond motifs is 5. The van der Waals surface area contributed by atoms with E-state index in [9.17, 15) is 32.8 Å². The Kier molecular flexibility index (Phi) is 13.0. The maximum Gasteiger partial charge on any atom is 0.262 e. The molecule has 16 heteroatoms. The fourth-order valence-electron chi connectivity index (χ4n) is 10.1. The molecule has 334 valence electrons. The molecule has 2 fully saturated rings. The van der Waals surface area contributed by atoms with Crippen molar-refractivity contribution in [2.75, 3.05) is 57.8 Å². The number of aromatic nitrogens is 1. The lowest BCUT2D eigenvalue weighted by atomic mass is 9.91. The lowest BCUT2D eigenvalue weighted by Gasteiger charge is -2.36. The second kappa shape index (κ2) is 18.6. The Balaban J connectivity index is 0.000000189. The molecular formula is C47H53F4N7O5. The van der Waals surface area contributed by atoms with Gasteiger partial charge in [-0.25, -0.2) is 17.6 Å². The van der Waals surface area contributed by atoms with E-state index in [0.29, 0.717) is 49.6 Å². The molecule has 2 saturated heterocycles. The average molecular weight is 872 g/mol. The molecule has 5 aliphatic heterocycles. The highest BCUT2D eigenvalue weighted by molar-refractivity contribution is 6.23. The third kappa shape index (κ3) is 8.84. The van der Waals surface area contributed by atoms with Gasteiger partial charge in [0.2, 0.25) is 12.3 Å². The molecule has 0 spiro atoms. The number of para-hydroxylation sites is 1. The van der Waals surface area contributed by atoms with Gasteiger partial charge in [-0.3, -0.25) is 29.0 Å². The van der Waals surface area contributed by atoms with Crippen LogP contribution in [0.25, 0.3) is 10.9 Å². The van der Waals surface area contributed by atoms with E-state index in [2.05, 4.69) is 27.0 Å². The van der Waals surface area contributed by atoms with E-state index in [1.165, 1.54) is 36.9 Å². The van der Waals surface area contributed by atoms with Crippen LogP contribution in [0.5, 0.6) is 0 Å². The third-order valence-corrected chi connectivity index (χ3v) is 13.4. The number of hydrogen-bond acceptors (Lipinski definition) is 8. The lowest BCUT2D eigenvalue weighted by Crippen LogP contribution is -2.48. The van der Waals surface area contributed by atoms with Gasteiger partial charge in [0.15, 0.2) is 0 Å². The summed E-state index contributed by atoms with van der Waals surface area (Å²) in [7, 11) is 1.41. The molecule has 3 atom stereocenters. The summed E-state index contributed by atoms with van der Waals surface area (Å²) >= 11 is 0. The molecule has 0 radical (unpaired) electrons. The van der Waals surface area contributed by atoms with Crippen molar-refractivity contribution in [3.8, 4) is 0 Å². The SMILES string of the molecule is CC1CCN(CC2CCN(c3cc(F)c(C4c5[nH]c6ccccc6c5CCN4CC(F)F)c(F)c3)C2)CC1.CNC(=O)C(CCC=O)N1C(=O)c2cc3c(cc2C1=O)CN(C=O)C3. The molecule has 4 amide bonds. The van der Waals surface area contributed by atoms with Crippen LogP contribution in [0, 0.1) is 23.5 Å². The Bertz CT molecular complexity index is 2330. The van der Waals surface area contributed by atoms with Gasteiger partial charge in [0.1, 0.15) is 24.0 Å². The van der Waals surface area contributed by atoms with Crippen LogP contribution >= 0.6 is 0 Å². The summed E-state index contributed by atoms with van der Waals surface area (Å²) in [5.41, 5.74) is 4.90. The van der Waals surface area contributed by atoms with Crippen LogP contribution in [0.3, 0.4) is 0 Å². The molecule has 9 rings (SSSR count). The zero-order chi connectivity index (χ0) is 44.5. The number of aromatic amines is 1. The number of nitrogens with zero attached hydrogens (tertiary/aromatic N) is 5. The molecule has 5 aliphatic rings. The van der Waals surface area contributed by atoms with Crippen molar-refractivity contribution in [3.05, 3.63) is 99.2 Å². The summed E-state index contributed by atoms with van der Waals surface area (Å²) in [6, 6.07) is 11.8. The summed E-state index contributed by atoms with van der Waals surface area (Å²) in [6.45, 7) is 7.67. The van der Waals surface area contributed by atoms with Gasteiger partial charge in [0, 0.05) is 80.6 Å². The van der Waals surface area contributed by atoms with Crippen LogP contribution in [0.1, 0.15) is 93.7 Å². The minimum atomic E-state index is -2.60. The number of hydrogen-bond donors (Lipinski definition) is 2. The molecule has 63 heavy (non-hydrogen) atoms. The first-order valence-corrected chi connectivity index (χ1v) is 21.8. The Morgan fingerprint density at radius 1 is 0.921 bits per heavy atom. The largest absolute Gasteiger partial charge is 0.371 e. The Hall–Kier alpha value is -5.61. The minimum absolute atomic E-state index is 0.0658. The highest BCUT2D eigenvalue weighted by atomic mass is 19.3. The fraction of sp³-hybridized carbons (Fsp3) is 0.468. The number of imide groups is 1. The van der Waals surface area contributed by atoms with Crippen molar-refractivity contribution in [2.24, 2.45) is 11.8 Å². The first-order valence-electron chi connectivity index (χ1n) is 21.8. The van der Waals surface area contributed by atoms with Crippen molar-refractivity contribution in [1.29, 1.82) is 0 Å². The van der Waals surface area contributed by atoms with Gasteiger partial charge in [-0.2, -0.15) is 0 Å². The minimum Gasteiger partial charge on any atom is -0.371 e. The molecule has 3 aromatic carbocycles. The quantitative estimate of drug-likeness (QED) is 0.0999. The molecule has 0 bridgehead atoms. The zero-order valence-corrected chi connectivity index (χ0v) is 35.6. The molecular weight excluding hydrogens is 819 g/mol. The van der Waals surface area contributed by atoms with Crippen LogP contribution in [0.2, 0.25) is 0 Å². The highest BCUT2D eigenvalue weighted by Crippen LogP contribution is 2.42. The summed E-state index contributed by atoms with van der Waals surface area (Å²) in [5, 5.41) is 3.41. The number of carbonyl (C=O) groups excluding carboxylic acids is 5. The van der Waals surface area contributed by atoms with Crippen molar-refractivity contribution < 1.29 is 41.5 Å². The average Bonchev–Trinajstić information content (AvgIpc) is 4.05. The maximum atomic E-state index is 15.8. The zero-order valence-electron chi connectivity index (χ0n) is 35.6. The van der Waals surface area contributed by atoms with E-state index in [4.69, 9.17) is 0 Å². The van der Waals surface area contributed by atoms with Crippen LogP contribution in [-0.4, -0.2) is 120 Å². The predicted octanol–water partition coefficient (Wildman–Crippen LogP) is 6.07. The number of alkyl halides is 2. The number of piperidine rings is 1. The summed E-state index contributed by atoms with van der Waals surface area (Å²) in [5.74, 6) is -1.68. The van der Waals surface area contributed by atoms with E-state index in [-0.39, 0.29) is 29.5 Å². The number of amides is 4. The van der Waals surface area contributed by atoms with Gasteiger partial charge < -0.3 is 29.8 Å². The normalized spacial score (nSPS) is 20.8. The Labute approximate surface area is 363 Å². The number of carbonyl (C=O) groups is 5. The molecule has 0 aliphatic carbocycles. The van der Waals surface area contributed by atoms with E-state index < -0.39 is 54.4 Å². The van der Waals surface area contributed by atoms with Crippen LogP contribution in [-0.2, 0) is 33.9 Å². The first kappa shape index (κ1) is 44.0. The second-order valence-electron chi connectivity index (χ2n) is 17.5. The van der Waals surface area contributed by atoms with Crippen LogP contribution in [0.4, 0.5) is 23.2 Å². The number of H-pyrrole nitrogens is 1. The molecule has 2 N–H and O–H groups in total. The molecule has 3 unspecified atom stereocenters. The number of nitrogens with one attached hydrogen (secondary N) is 2. The standard InChI is InChI=1S/C30H36F4N4.C17H17N3O5/c1-19-6-10-36(11-7-19)16-20-8-12-37(17-20)21-14-24(31)28(25(32)15-21)30-29-23(9-13-38(30)18-27(33)34)22-4-2-3-5-26(22)35-29;1-18-15(23)14(3-2-4-21)20-16(24)12-5-10-7-19(9-22)8-11(10)6-13(12)17(20)25/h2-5,14-15,19-20,27,30,35H,6-13,16-18H2,1H3;4-6,9,14H,2-3,7-8H2,1H3,(H,18,23). The molecule has 6 heterocycles. The number of aldehydes is 1. The maximum absolute atomic E-state index is 15.8. The molecule has 1 aromatic heterocycles. The highest BCUT2D eigenvalue weighted by Gasteiger charge is 2.44. The summed E-state index contributed by atoms with van der Waals surface area (Å²) in [4.78, 5) is 71.0. The van der Waals surface area contributed by atoms with Gasteiger partial charge in [-0.15, -0.1) is 0 Å². The number of anilines is 1. The van der Waals surface area contributed by atoms with E-state index in [0.717, 1.165) is 84.0 Å². The van der Waals surface area contributed by atoms with Gasteiger partial charge >= 0.3 is 0 Å². The number of benzene rings is 3. The number of halogens is 4. The first-order chi connectivity index (χ1) is 30.4. The van der Waals surface area contributed by atoms with Crippen molar-refractivity contribution in [3.63, 3.8) is 0 Å². The fourth-order valence-corrected chi connectivity index (χ4v) is 10.1. The van der Waals surface area contributed by atoms with Gasteiger partial charge in [0.05, 0.1) is 23.7 Å². The molecule has 4 aromatic rings. The topological polar surface area (TPSA) is 129 Å². The molecule has 0 saturated carbocycles. The van der Waals surface area contributed by atoms with E-state index >= 15 is 8.78 Å². The second-order valence-corrected chi connectivity index (χ2v) is 17.5. The van der Waals surface area contributed by atoms with Crippen molar-refractivity contribution in [2.45, 2.75) is 77.0 Å². The van der Waals surface area contributed by atoms with Gasteiger partial charge in [-0.1, -0.05) is 25.1 Å². The summed E-state index contributed by atoms with van der Waals surface area (Å²) < 4.78 is 58.7. The predicted molar refractivity (Wildman–Crippen MR) is 228 cm³/mol. The summed E-state index contributed by atoms with van der Waals surface area (Å²) in [6.07, 6.45) is 2.93. The number of rotatable bonds is 12. The lowest BCUT2D eigenvalue weighted by molar-refractivity contribution is -0.125. The molecule has 12 nitrogen and oxygen atoms in total.